The molecule has 6 nitrogen and oxygen atoms in total. The first-order valence-electron chi connectivity index (χ1n) is 7.68. The molecule has 2 heterocycles. The lowest BCUT2D eigenvalue weighted by Gasteiger charge is -2.25. The smallest absolute Gasteiger partial charge is 0.314 e. The molecule has 6 heteroatoms. The molecule has 0 radical (unpaired) electrons. The van der Waals surface area contributed by atoms with E-state index < -0.39 is 29.9 Å². The maximum atomic E-state index is 12.5. The van der Waals surface area contributed by atoms with E-state index in [0.717, 1.165) is 11.1 Å². The SMILES string of the molecule is COC(=O)[C@H]1[C@H](O)C(=O)N(Cc2ccc(C)cc2)[C@H]1c1ccco1. The first-order chi connectivity index (χ1) is 11.5. The molecule has 1 aliphatic heterocycles. The number of methoxy groups -OCH3 is 1. The molecule has 1 aliphatic rings. The van der Waals surface area contributed by atoms with Crippen molar-refractivity contribution in [3.8, 4) is 0 Å². The second-order valence-corrected chi connectivity index (χ2v) is 5.91. The van der Waals surface area contributed by atoms with Crippen LogP contribution in [0.25, 0.3) is 0 Å². The fraction of sp³-hybridized carbons (Fsp3) is 0.333. The van der Waals surface area contributed by atoms with Crippen molar-refractivity contribution in [1.29, 1.82) is 0 Å². The Bertz CT molecular complexity index is 722. The molecule has 24 heavy (non-hydrogen) atoms. The fourth-order valence-electron chi connectivity index (χ4n) is 3.08. The normalized spacial score (nSPS) is 23.5. The zero-order valence-electron chi connectivity index (χ0n) is 13.5. The van der Waals surface area contributed by atoms with Gasteiger partial charge in [0.05, 0.1) is 13.4 Å². The summed E-state index contributed by atoms with van der Waals surface area (Å²) < 4.78 is 10.2. The lowest BCUT2D eigenvalue weighted by atomic mass is 9.96. The minimum atomic E-state index is -1.45. The molecule has 0 saturated carbocycles. The average molecular weight is 329 g/mol. The molecular weight excluding hydrogens is 310 g/mol. The van der Waals surface area contributed by atoms with Crippen molar-refractivity contribution in [2.45, 2.75) is 25.6 Å². The van der Waals surface area contributed by atoms with E-state index in [-0.39, 0.29) is 6.54 Å². The Hall–Kier alpha value is -2.60. The van der Waals surface area contributed by atoms with Crippen molar-refractivity contribution >= 4 is 11.9 Å². The van der Waals surface area contributed by atoms with Crippen LogP contribution < -0.4 is 0 Å². The topological polar surface area (TPSA) is 80.0 Å². The number of amides is 1. The molecule has 0 unspecified atom stereocenters. The number of rotatable bonds is 4. The summed E-state index contributed by atoms with van der Waals surface area (Å²) in [5, 5.41) is 10.3. The van der Waals surface area contributed by atoms with E-state index in [2.05, 4.69) is 0 Å². The van der Waals surface area contributed by atoms with Gasteiger partial charge in [-0.25, -0.2) is 0 Å². The Kier molecular flexibility index (Phi) is 4.40. The second kappa shape index (κ2) is 6.49. The summed E-state index contributed by atoms with van der Waals surface area (Å²) in [6.45, 7) is 2.25. The van der Waals surface area contributed by atoms with Gasteiger partial charge in [-0.05, 0) is 24.6 Å². The van der Waals surface area contributed by atoms with Gasteiger partial charge in [-0.15, -0.1) is 0 Å². The molecule has 1 saturated heterocycles. The Balaban J connectivity index is 1.97. The number of furan rings is 1. The van der Waals surface area contributed by atoms with Crippen LogP contribution in [0, 0.1) is 12.8 Å². The van der Waals surface area contributed by atoms with E-state index in [1.54, 1.807) is 12.1 Å². The minimum absolute atomic E-state index is 0.273. The first kappa shape index (κ1) is 16.3. The minimum Gasteiger partial charge on any atom is -0.469 e. The summed E-state index contributed by atoms with van der Waals surface area (Å²) in [4.78, 5) is 26.1. The van der Waals surface area contributed by atoms with E-state index >= 15 is 0 Å². The second-order valence-electron chi connectivity index (χ2n) is 5.91. The van der Waals surface area contributed by atoms with Crippen molar-refractivity contribution in [2.75, 3.05) is 7.11 Å². The number of hydrogen-bond donors (Lipinski definition) is 1. The van der Waals surface area contributed by atoms with Crippen molar-refractivity contribution in [3.63, 3.8) is 0 Å². The highest BCUT2D eigenvalue weighted by molar-refractivity contribution is 5.91. The van der Waals surface area contributed by atoms with Crippen LogP contribution in [0.5, 0.6) is 0 Å². The quantitative estimate of drug-likeness (QED) is 0.866. The average Bonchev–Trinajstić information content (AvgIpc) is 3.18. The van der Waals surface area contributed by atoms with E-state index in [0.29, 0.717) is 5.76 Å². The number of hydrogen-bond acceptors (Lipinski definition) is 5. The summed E-state index contributed by atoms with van der Waals surface area (Å²) in [5.41, 5.74) is 2.02. The van der Waals surface area contributed by atoms with Crippen molar-refractivity contribution in [3.05, 3.63) is 59.5 Å². The molecule has 0 bridgehead atoms. The van der Waals surface area contributed by atoms with E-state index in [4.69, 9.17) is 9.15 Å². The van der Waals surface area contributed by atoms with E-state index in [9.17, 15) is 14.7 Å². The molecule has 1 fully saturated rings. The summed E-state index contributed by atoms with van der Waals surface area (Å²) >= 11 is 0. The summed E-state index contributed by atoms with van der Waals surface area (Å²) in [6, 6.07) is 10.4. The molecule has 1 amide bonds. The van der Waals surface area contributed by atoms with Gasteiger partial charge in [0.25, 0.3) is 5.91 Å². The molecule has 1 aromatic heterocycles. The zero-order chi connectivity index (χ0) is 17.3. The molecule has 1 N–H and O–H groups in total. The van der Waals surface area contributed by atoms with Crippen LogP contribution in [0.1, 0.15) is 22.9 Å². The lowest BCUT2D eigenvalue weighted by Crippen LogP contribution is -2.30. The van der Waals surface area contributed by atoms with Crippen LogP contribution in [-0.4, -0.2) is 35.1 Å². The van der Waals surface area contributed by atoms with Crippen LogP contribution in [-0.2, 0) is 20.9 Å². The predicted molar refractivity (Wildman–Crippen MR) is 84.7 cm³/mol. The van der Waals surface area contributed by atoms with Crippen LogP contribution in [0.4, 0.5) is 0 Å². The van der Waals surface area contributed by atoms with Crippen molar-refractivity contribution in [2.24, 2.45) is 5.92 Å². The van der Waals surface area contributed by atoms with Gasteiger partial charge >= 0.3 is 5.97 Å². The Morgan fingerprint density at radius 2 is 2.00 bits per heavy atom. The van der Waals surface area contributed by atoms with Gasteiger partial charge in [-0.3, -0.25) is 9.59 Å². The largest absolute Gasteiger partial charge is 0.469 e. The monoisotopic (exact) mass is 329 g/mol. The molecule has 0 spiro atoms. The van der Waals surface area contributed by atoms with Crippen LogP contribution in [0.3, 0.4) is 0 Å². The van der Waals surface area contributed by atoms with Gasteiger partial charge < -0.3 is 19.2 Å². The number of benzene rings is 1. The third-order valence-electron chi connectivity index (χ3n) is 4.33. The number of aryl methyl sites for hydroxylation is 1. The first-order valence-corrected chi connectivity index (χ1v) is 7.68. The molecule has 0 aliphatic carbocycles. The zero-order valence-corrected chi connectivity index (χ0v) is 13.5. The number of aliphatic hydroxyl groups is 1. The van der Waals surface area contributed by atoms with Gasteiger partial charge in [-0.2, -0.15) is 0 Å². The predicted octanol–water partition coefficient (Wildman–Crippen LogP) is 1.82. The van der Waals surface area contributed by atoms with Crippen LogP contribution >= 0.6 is 0 Å². The van der Waals surface area contributed by atoms with Gasteiger partial charge in [0.1, 0.15) is 23.8 Å². The third-order valence-corrected chi connectivity index (χ3v) is 4.33. The van der Waals surface area contributed by atoms with Gasteiger partial charge in [0.2, 0.25) is 0 Å². The highest BCUT2D eigenvalue weighted by Gasteiger charge is 2.53. The number of carbonyl (C=O) groups is 2. The van der Waals surface area contributed by atoms with Gasteiger partial charge in [0.15, 0.2) is 0 Å². The number of esters is 1. The Labute approximate surface area is 139 Å². The number of aliphatic hydroxyl groups excluding tert-OH is 1. The maximum absolute atomic E-state index is 12.5. The van der Waals surface area contributed by atoms with Gasteiger partial charge in [0, 0.05) is 6.54 Å². The molecule has 2 aromatic rings. The third kappa shape index (κ3) is 2.80. The number of ether oxygens (including phenoxy) is 1. The summed E-state index contributed by atoms with van der Waals surface area (Å²) in [6.07, 6.45) is 0.0288. The van der Waals surface area contributed by atoms with Gasteiger partial charge in [-0.1, -0.05) is 29.8 Å². The number of nitrogens with zero attached hydrogens (tertiary/aromatic N) is 1. The standard InChI is InChI=1S/C18H19NO5/c1-11-5-7-12(8-6-11)10-19-15(13-4-3-9-24-13)14(18(22)23-2)16(20)17(19)21/h3-9,14-16,20H,10H2,1-2H3/t14-,15+,16+/m1/s1. The fourth-order valence-corrected chi connectivity index (χ4v) is 3.08. The van der Waals surface area contributed by atoms with Crippen molar-refractivity contribution in [1.82, 2.24) is 4.90 Å². The molecule has 1 aromatic carbocycles. The summed E-state index contributed by atoms with van der Waals surface area (Å²) in [5.74, 6) is -1.71. The highest BCUT2D eigenvalue weighted by Crippen LogP contribution is 2.40. The molecule has 126 valence electrons. The van der Waals surface area contributed by atoms with E-state index in [1.165, 1.54) is 18.3 Å². The van der Waals surface area contributed by atoms with Crippen LogP contribution in [0.15, 0.2) is 47.1 Å². The summed E-state index contributed by atoms with van der Waals surface area (Å²) in [7, 11) is 1.24. The molecule has 3 atom stereocenters. The molecular formula is C18H19NO5. The number of carbonyl (C=O) groups excluding carboxylic acids is 2. The Morgan fingerprint density at radius 1 is 1.29 bits per heavy atom. The van der Waals surface area contributed by atoms with Crippen LogP contribution in [0.2, 0.25) is 0 Å². The molecule has 3 rings (SSSR count). The van der Waals surface area contributed by atoms with Crippen molar-refractivity contribution < 1.29 is 23.8 Å². The highest BCUT2D eigenvalue weighted by atomic mass is 16.5. The Morgan fingerprint density at radius 3 is 2.58 bits per heavy atom. The number of likely N-dealkylation sites (tertiary alicyclic amines) is 1. The maximum Gasteiger partial charge on any atom is 0.314 e. The lowest BCUT2D eigenvalue weighted by molar-refractivity contribution is -0.150. The van der Waals surface area contributed by atoms with E-state index in [1.807, 2.05) is 31.2 Å².